The monoisotopic (exact) mass is 347 g/mol. The van der Waals surface area contributed by atoms with Gasteiger partial charge >= 0.3 is 0 Å². The molecule has 0 amide bonds. The molecule has 1 N–H and O–H groups in total. The zero-order valence-corrected chi connectivity index (χ0v) is 14.3. The van der Waals surface area contributed by atoms with Crippen LogP contribution in [0.1, 0.15) is 49.0 Å². The maximum Gasteiger partial charge on any atom is 0.139 e. The summed E-state index contributed by atoms with van der Waals surface area (Å²) in [4.78, 5) is 0. The molecule has 3 nitrogen and oxygen atoms in total. The molecule has 0 saturated carbocycles. The van der Waals surface area contributed by atoms with Gasteiger partial charge in [0.25, 0.3) is 0 Å². The molecule has 21 heavy (non-hydrogen) atoms. The zero-order chi connectivity index (χ0) is 14.8. The summed E-state index contributed by atoms with van der Waals surface area (Å²) in [5, 5.41) is 8.39. The summed E-state index contributed by atoms with van der Waals surface area (Å²) in [6, 6.07) is 8.99. The standard InChI is InChI=1S/C17H22BrN3/c1-3-4-9-14-16(18)17-19-11-10-15(21(17)20-14)13-8-6-5-7-12(13)2/h5-8,15,19H,3-4,9-11H2,1-2H3. The van der Waals surface area contributed by atoms with Gasteiger partial charge in [-0.15, -0.1) is 0 Å². The Morgan fingerprint density at radius 2 is 2.19 bits per heavy atom. The van der Waals surface area contributed by atoms with E-state index in [1.54, 1.807) is 0 Å². The maximum atomic E-state index is 4.89. The van der Waals surface area contributed by atoms with Crippen LogP contribution in [-0.2, 0) is 6.42 Å². The van der Waals surface area contributed by atoms with Crippen LogP contribution in [0.5, 0.6) is 0 Å². The van der Waals surface area contributed by atoms with Crippen LogP contribution in [0.3, 0.4) is 0 Å². The molecule has 0 aliphatic carbocycles. The lowest BCUT2D eigenvalue weighted by molar-refractivity contribution is 0.475. The first-order valence-corrected chi connectivity index (χ1v) is 8.58. The van der Waals surface area contributed by atoms with E-state index >= 15 is 0 Å². The lowest BCUT2D eigenvalue weighted by atomic mass is 9.98. The van der Waals surface area contributed by atoms with Crippen LogP contribution in [0.15, 0.2) is 28.7 Å². The van der Waals surface area contributed by atoms with Crippen LogP contribution in [0.4, 0.5) is 5.82 Å². The summed E-state index contributed by atoms with van der Waals surface area (Å²) in [6.45, 7) is 5.41. The minimum absolute atomic E-state index is 0.342. The molecule has 0 spiro atoms. The predicted octanol–water partition coefficient (Wildman–Crippen LogP) is 4.70. The molecular formula is C17H22BrN3. The molecule has 1 atom stereocenters. The lowest BCUT2D eigenvalue weighted by Gasteiger charge is -2.27. The number of rotatable bonds is 4. The van der Waals surface area contributed by atoms with Gasteiger partial charge in [-0.2, -0.15) is 5.10 Å². The Morgan fingerprint density at radius 3 is 2.95 bits per heavy atom. The number of fused-ring (bicyclic) bond motifs is 1. The molecule has 1 aromatic heterocycles. The van der Waals surface area contributed by atoms with Crippen LogP contribution in [0.25, 0.3) is 0 Å². The minimum Gasteiger partial charge on any atom is -0.369 e. The topological polar surface area (TPSA) is 29.9 Å². The van der Waals surface area contributed by atoms with E-state index in [4.69, 9.17) is 5.10 Å². The van der Waals surface area contributed by atoms with Crippen molar-refractivity contribution in [1.29, 1.82) is 0 Å². The molecule has 0 radical (unpaired) electrons. The maximum absolute atomic E-state index is 4.89. The Morgan fingerprint density at radius 1 is 1.38 bits per heavy atom. The first kappa shape index (κ1) is 14.6. The van der Waals surface area contributed by atoms with E-state index in [-0.39, 0.29) is 0 Å². The van der Waals surface area contributed by atoms with Crippen LogP contribution >= 0.6 is 15.9 Å². The largest absolute Gasteiger partial charge is 0.369 e. The molecule has 0 saturated heterocycles. The molecule has 1 unspecified atom stereocenters. The van der Waals surface area contributed by atoms with Gasteiger partial charge in [-0.25, -0.2) is 4.68 Å². The molecule has 2 heterocycles. The molecule has 0 bridgehead atoms. The van der Waals surface area contributed by atoms with Crippen molar-refractivity contribution in [3.8, 4) is 0 Å². The van der Waals surface area contributed by atoms with Crippen LogP contribution < -0.4 is 5.32 Å². The van der Waals surface area contributed by atoms with Gasteiger partial charge in [-0.3, -0.25) is 0 Å². The van der Waals surface area contributed by atoms with Crippen molar-refractivity contribution in [2.45, 2.75) is 45.6 Å². The number of unbranched alkanes of at least 4 members (excludes halogenated alkanes) is 1. The third-order valence-electron chi connectivity index (χ3n) is 4.24. The molecule has 2 aromatic rings. The molecular weight excluding hydrogens is 326 g/mol. The highest BCUT2D eigenvalue weighted by atomic mass is 79.9. The van der Waals surface area contributed by atoms with Crippen molar-refractivity contribution < 1.29 is 0 Å². The summed E-state index contributed by atoms with van der Waals surface area (Å²) in [6.07, 6.45) is 4.51. The number of benzene rings is 1. The van der Waals surface area contributed by atoms with Crippen molar-refractivity contribution in [3.63, 3.8) is 0 Å². The van der Waals surface area contributed by atoms with Gasteiger partial charge in [0.1, 0.15) is 5.82 Å². The second-order valence-electron chi connectivity index (χ2n) is 5.75. The Kier molecular flexibility index (Phi) is 4.34. The smallest absolute Gasteiger partial charge is 0.139 e. The fraction of sp³-hybridized carbons (Fsp3) is 0.471. The molecule has 112 valence electrons. The Hall–Kier alpha value is -1.29. The number of anilines is 1. The number of aryl methyl sites for hydroxylation is 2. The zero-order valence-electron chi connectivity index (χ0n) is 12.7. The van der Waals surface area contributed by atoms with Gasteiger partial charge in [0, 0.05) is 6.54 Å². The number of hydrogen-bond acceptors (Lipinski definition) is 2. The lowest BCUT2D eigenvalue weighted by Crippen LogP contribution is -2.25. The molecule has 3 rings (SSSR count). The fourth-order valence-corrected chi connectivity index (χ4v) is 3.65. The molecule has 4 heteroatoms. The molecule has 1 aliphatic heterocycles. The molecule has 0 fully saturated rings. The first-order valence-electron chi connectivity index (χ1n) is 7.78. The third-order valence-corrected chi connectivity index (χ3v) is 5.07. The SMILES string of the molecule is CCCCc1nn2c(c1Br)NCCC2c1ccccc1C. The summed E-state index contributed by atoms with van der Waals surface area (Å²) in [5.74, 6) is 1.14. The number of aromatic nitrogens is 2. The highest BCUT2D eigenvalue weighted by molar-refractivity contribution is 9.10. The number of halogens is 1. The summed E-state index contributed by atoms with van der Waals surface area (Å²) in [5.41, 5.74) is 3.91. The predicted molar refractivity (Wildman–Crippen MR) is 91.0 cm³/mol. The van der Waals surface area contributed by atoms with E-state index in [0.717, 1.165) is 29.7 Å². The second-order valence-corrected chi connectivity index (χ2v) is 6.54. The number of nitrogens with one attached hydrogen (secondary N) is 1. The van der Waals surface area contributed by atoms with Gasteiger partial charge in [-0.1, -0.05) is 37.6 Å². The second kappa shape index (κ2) is 6.22. The van der Waals surface area contributed by atoms with Crippen LogP contribution in [0, 0.1) is 6.92 Å². The number of nitrogens with zero attached hydrogens (tertiary/aromatic N) is 2. The normalized spacial score (nSPS) is 17.4. The highest BCUT2D eigenvalue weighted by Gasteiger charge is 2.27. The van der Waals surface area contributed by atoms with Crippen molar-refractivity contribution in [2.24, 2.45) is 0 Å². The van der Waals surface area contributed by atoms with E-state index in [0.29, 0.717) is 6.04 Å². The van der Waals surface area contributed by atoms with E-state index in [2.05, 4.69) is 64.0 Å². The average Bonchev–Trinajstić information content (AvgIpc) is 2.82. The van der Waals surface area contributed by atoms with Gasteiger partial charge in [0.2, 0.25) is 0 Å². The van der Waals surface area contributed by atoms with Gasteiger partial charge in [0.05, 0.1) is 16.2 Å². The van der Waals surface area contributed by atoms with E-state index in [1.165, 1.54) is 29.7 Å². The Bertz CT molecular complexity index is 633. The van der Waals surface area contributed by atoms with Crippen molar-refractivity contribution in [1.82, 2.24) is 9.78 Å². The van der Waals surface area contributed by atoms with Crippen molar-refractivity contribution in [3.05, 3.63) is 45.6 Å². The highest BCUT2D eigenvalue weighted by Crippen LogP contribution is 2.37. The van der Waals surface area contributed by atoms with Gasteiger partial charge in [-0.05, 0) is 53.2 Å². The molecule has 1 aromatic carbocycles. The van der Waals surface area contributed by atoms with Gasteiger partial charge < -0.3 is 5.32 Å². The fourth-order valence-electron chi connectivity index (χ4n) is 3.05. The average molecular weight is 348 g/mol. The van der Waals surface area contributed by atoms with Crippen molar-refractivity contribution >= 4 is 21.7 Å². The van der Waals surface area contributed by atoms with Crippen molar-refractivity contribution in [2.75, 3.05) is 11.9 Å². The summed E-state index contributed by atoms with van der Waals surface area (Å²) in [7, 11) is 0. The quantitative estimate of drug-likeness (QED) is 0.868. The van der Waals surface area contributed by atoms with Crippen LogP contribution in [-0.4, -0.2) is 16.3 Å². The van der Waals surface area contributed by atoms with Gasteiger partial charge in [0.15, 0.2) is 0 Å². The summed E-state index contributed by atoms with van der Waals surface area (Å²) >= 11 is 3.74. The van der Waals surface area contributed by atoms with E-state index < -0.39 is 0 Å². The van der Waals surface area contributed by atoms with E-state index in [1.807, 2.05) is 0 Å². The summed E-state index contributed by atoms with van der Waals surface area (Å²) < 4.78 is 3.33. The first-order chi connectivity index (χ1) is 10.2. The third kappa shape index (κ3) is 2.73. The van der Waals surface area contributed by atoms with E-state index in [9.17, 15) is 0 Å². The number of hydrogen-bond donors (Lipinski definition) is 1. The molecule has 1 aliphatic rings. The minimum atomic E-state index is 0.342. The Labute approximate surface area is 134 Å². The Balaban J connectivity index is 2.00. The van der Waals surface area contributed by atoms with Crippen LogP contribution in [0.2, 0.25) is 0 Å².